The fraction of sp³-hybridized carbons (Fsp3) is 0.500. The van der Waals surface area contributed by atoms with Crippen molar-refractivity contribution in [1.82, 2.24) is 5.32 Å². The molecule has 0 aliphatic carbocycles. The molecule has 0 saturated heterocycles. The Balaban J connectivity index is 2.26. The van der Waals surface area contributed by atoms with Gasteiger partial charge in [-0.2, -0.15) is 0 Å². The van der Waals surface area contributed by atoms with E-state index < -0.39 is 0 Å². The molecular weight excluding hydrogens is 206 g/mol. The average molecular weight is 231 g/mol. The molecule has 1 aromatic carbocycles. The van der Waals surface area contributed by atoms with Gasteiger partial charge in [-0.15, -0.1) is 0 Å². The van der Waals surface area contributed by atoms with Crippen LogP contribution in [-0.4, -0.2) is 13.1 Å². The largest absolute Gasteiger partial charge is 0.317 e. The maximum atomic E-state index is 4.09. The SMILES string of the molecule is C=C(CC)CC(CCCc1ccccc1)NC. The minimum absolute atomic E-state index is 0.589. The molecule has 1 nitrogen and oxygen atoms in total. The summed E-state index contributed by atoms with van der Waals surface area (Å²) < 4.78 is 0. The molecule has 17 heavy (non-hydrogen) atoms. The number of aryl methyl sites for hydroxylation is 1. The maximum absolute atomic E-state index is 4.09. The predicted molar refractivity (Wildman–Crippen MR) is 76.3 cm³/mol. The molecule has 0 aromatic heterocycles. The summed E-state index contributed by atoms with van der Waals surface area (Å²) in [6.07, 6.45) is 5.85. The van der Waals surface area contributed by atoms with Crippen LogP contribution in [0.1, 0.15) is 38.2 Å². The Morgan fingerprint density at radius 1 is 1.29 bits per heavy atom. The third-order valence-corrected chi connectivity index (χ3v) is 3.30. The van der Waals surface area contributed by atoms with Crippen LogP contribution < -0.4 is 5.32 Å². The highest BCUT2D eigenvalue weighted by Gasteiger charge is 2.06. The minimum atomic E-state index is 0.589. The van der Waals surface area contributed by atoms with E-state index in [2.05, 4.69) is 56.2 Å². The van der Waals surface area contributed by atoms with Gasteiger partial charge in [0.25, 0.3) is 0 Å². The van der Waals surface area contributed by atoms with Crippen molar-refractivity contribution in [2.75, 3.05) is 7.05 Å². The van der Waals surface area contributed by atoms with Crippen LogP contribution in [0.15, 0.2) is 42.5 Å². The average Bonchev–Trinajstić information content (AvgIpc) is 2.38. The summed E-state index contributed by atoms with van der Waals surface area (Å²) in [6, 6.07) is 11.3. The molecule has 0 spiro atoms. The van der Waals surface area contributed by atoms with Gasteiger partial charge in [-0.3, -0.25) is 0 Å². The molecule has 1 aromatic rings. The topological polar surface area (TPSA) is 12.0 Å². The molecule has 0 amide bonds. The van der Waals surface area contributed by atoms with E-state index in [1.165, 1.54) is 30.4 Å². The van der Waals surface area contributed by atoms with E-state index in [0.29, 0.717) is 6.04 Å². The summed E-state index contributed by atoms with van der Waals surface area (Å²) in [7, 11) is 2.05. The van der Waals surface area contributed by atoms with Crippen LogP contribution in [0.5, 0.6) is 0 Å². The number of rotatable bonds is 8. The zero-order valence-corrected chi connectivity index (χ0v) is 11.2. The summed E-state index contributed by atoms with van der Waals surface area (Å²) in [5.41, 5.74) is 2.79. The van der Waals surface area contributed by atoms with Crippen LogP contribution in [-0.2, 0) is 6.42 Å². The first kappa shape index (κ1) is 14.0. The first-order valence-corrected chi connectivity index (χ1v) is 6.64. The standard InChI is InChI=1S/C16H25N/c1-4-14(2)13-16(17-3)12-8-11-15-9-6-5-7-10-15/h5-7,9-10,16-17H,2,4,8,11-13H2,1,3H3. The number of nitrogens with one attached hydrogen (secondary N) is 1. The molecule has 1 atom stereocenters. The molecular formula is C16H25N. The smallest absolute Gasteiger partial charge is 0.0101 e. The molecule has 0 fully saturated rings. The monoisotopic (exact) mass is 231 g/mol. The normalized spacial score (nSPS) is 12.4. The van der Waals surface area contributed by atoms with Crippen LogP contribution in [0.4, 0.5) is 0 Å². The van der Waals surface area contributed by atoms with Crippen molar-refractivity contribution in [3.63, 3.8) is 0 Å². The van der Waals surface area contributed by atoms with Crippen molar-refractivity contribution >= 4 is 0 Å². The summed E-state index contributed by atoms with van der Waals surface area (Å²) in [6.45, 7) is 6.27. The van der Waals surface area contributed by atoms with E-state index >= 15 is 0 Å². The third kappa shape index (κ3) is 5.69. The Kier molecular flexibility index (Phi) is 6.64. The fourth-order valence-electron chi connectivity index (χ4n) is 2.04. The lowest BCUT2D eigenvalue weighted by Gasteiger charge is -2.16. The Morgan fingerprint density at radius 2 is 2.00 bits per heavy atom. The minimum Gasteiger partial charge on any atom is -0.317 e. The Morgan fingerprint density at radius 3 is 2.59 bits per heavy atom. The van der Waals surface area contributed by atoms with Crippen molar-refractivity contribution in [2.24, 2.45) is 0 Å². The lowest BCUT2D eigenvalue weighted by Crippen LogP contribution is -2.25. The Labute approximate surface area is 106 Å². The van der Waals surface area contributed by atoms with E-state index in [4.69, 9.17) is 0 Å². The first-order chi connectivity index (χ1) is 8.26. The molecule has 1 heteroatoms. The highest BCUT2D eigenvalue weighted by atomic mass is 14.9. The number of hydrogen-bond donors (Lipinski definition) is 1. The molecule has 0 radical (unpaired) electrons. The predicted octanol–water partition coefficient (Wildman–Crippen LogP) is 3.95. The van der Waals surface area contributed by atoms with Crippen molar-refractivity contribution in [3.8, 4) is 0 Å². The second-order valence-electron chi connectivity index (χ2n) is 4.67. The van der Waals surface area contributed by atoms with Crippen molar-refractivity contribution < 1.29 is 0 Å². The van der Waals surface area contributed by atoms with Gasteiger partial charge >= 0.3 is 0 Å². The first-order valence-electron chi connectivity index (χ1n) is 6.64. The molecule has 0 aliphatic rings. The number of hydrogen-bond acceptors (Lipinski definition) is 1. The molecule has 0 bridgehead atoms. The van der Waals surface area contributed by atoms with Crippen LogP contribution in [0.2, 0.25) is 0 Å². The lowest BCUT2D eigenvalue weighted by atomic mass is 9.99. The quantitative estimate of drug-likeness (QED) is 0.668. The zero-order chi connectivity index (χ0) is 12.5. The third-order valence-electron chi connectivity index (χ3n) is 3.30. The summed E-state index contributed by atoms with van der Waals surface area (Å²) in [4.78, 5) is 0. The molecule has 0 saturated carbocycles. The summed E-state index contributed by atoms with van der Waals surface area (Å²) >= 11 is 0. The van der Waals surface area contributed by atoms with Gasteiger partial charge in [0, 0.05) is 6.04 Å². The van der Waals surface area contributed by atoms with Gasteiger partial charge < -0.3 is 5.32 Å². The lowest BCUT2D eigenvalue weighted by molar-refractivity contribution is 0.497. The molecule has 0 heterocycles. The molecule has 0 aliphatic heterocycles. The number of benzene rings is 1. The van der Waals surface area contributed by atoms with Gasteiger partial charge in [0.15, 0.2) is 0 Å². The molecule has 1 N–H and O–H groups in total. The zero-order valence-electron chi connectivity index (χ0n) is 11.2. The maximum Gasteiger partial charge on any atom is 0.0101 e. The highest BCUT2D eigenvalue weighted by molar-refractivity contribution is 5.14. The van der Waals surface area contributed by atoms with E-state index in [1.807, 2.05) is 0 Å². The van der Waals surface area contributed by atoms with Crippen molar-refractivity contribution in [3.05, 3.63) is 48.0 Å². The van der Waals surface area contributed by atoms with Gasteiger partial charge in [0.05, 0.1) is 0 Å². The van der Waals surface area contributed by atoms with Crippen LogP contribution in [0.3, 0.4) is 0 Å². The van der Waals surface area contributed by atoms with Crippen LogP contribution >= 0.6 is 0 Å². The Hall–Kier alpha value is -1.08. The van der Waals surface area contributed by atoms with Crippen molar-refractivity contribution in [2.45, 2.75) is 45.1 Å². The second kappa shape index (κ2) is 8.08. The molecule has 1 rings (SSSR count). The van der Waals surface area contributed by atoms with Gasteiger partial charge in [-0.05, 0) is 44.7 Å². The summed E-state index contributed by atoms with van der Waals surface area (Å²) in [5, 5.41) is 3.39. The van der Waals surface area contributed by atoms with Crippen LogP contribution in [0.25, 0.3) is 0 Å². The van der Waals surface area contributed by atoms with E-state index in [9.17, 15) is 0 Å². The van der Waals surface area contributed by atoms with Gasteiger partial charge in [0.1, 0.15) is 0 Å². The van der Waals surface area contributed by atoms with E-state index in [0.717, 1.165) is 12.8 Å². The van der Waals surface area contributed by atoms with Gasteiger partial charge in [-0.1, -0.05) is 49.4 Å². The van der Waals surface area contributed by atoms with E-state index in [-0.39, 0.29) is 0 Å². The van der Waals surface area contributed by atoms with E-state index in [1.54, 1.807) is 0 Å². The fourth-order valence-corrected chi connectivity index (χ4v) is 2.04. The molecule has 94 valence electrons. The van der Waals surface area contributed by atoms with Gasteiger partial charge in [-0.25, -0.2) is 0 Å². The molecule has 1 unspecified atom stereocenters. The van der Waals surface area contributed by atoms with Gasteiger partial charge in [0.2, 0.25) is 0 Å². The Bertz CT molecular complexity index is 316. The second-order valence-corrected chi connectivity index (χ2v) is 4.67. The highest BCUT2D eigenvalue weighted by Crippen LogP contribution is 2.13. The summed E-state index contributed by atoms with van der Waals surface area (Å²) in [5.74, 6) is 0. The van der Waals surface area contributed by atoms with Crippen LogP contribution in [0, 0.1) is 0 Å². The van der Waals surface area contributed by atoms with Crippen molar-refractivity contribution in [1.29, 1.82) is 0 Å².